The van der Waals surface area contributed by atoms with Gasteiger partial charge in [-0.05, 0) is 38.0 Å². The van der Waals surface area contributed by atoms with Gasteiger partial charge in [-0.2, -0.15) is 0 Å². The normalized spacial score (nSPS) is 19.0. The second-order valence-electron chi connectivity index (χ2n) is 7.00. The zero-order valence-electron chi connectivity index (χ0n) is 15.5. The molecule has 0 radical (unpaired) electrons. The van der Waals surface area contributed by atoms with Crippen LogP contribution in [-0.4, -0.2) is 53.6 Å². The van der Waals surface area contributed by atoms with Gasteiger partial charge in [-0.15, -0.1) is 0 Å². The molecule has 0 spiro atoms. The van der Waals surface area contributed by atoms with Gasteiger partial charge < -0.3 is 20.6 Å². The average Bonchev–Trinajstić information content (AvgIpc) is 2.56. The van der Waals surface area contributed by atoms with Crippen LogP contribution in [0.25, 0.3) is 0 Å². The molecule has 0 aromatic heterocycles. The summed E-state index contributed by atoms with van der Waals surface area (Å²) >= 11 is 0. The fourth-order valence-corrected chi connectivity index (χ4v) is 2.83. The number of nitrogens with one attached hydrogen (secondary N) is 2. The lowest BCUT2D eigenvalue weighted by molar-refractivity contribution is -0.141. The number of carboxylic acid groups (broad SMARTS) is 1. The first-order valence-corrected chi connectivity index (χ1v) is 8.99. The first-order valence-electron chi connectivity index (χ1n) is 8.99. The van der Waals surface area contributed by atoms with E-state index in [0.29, 0.717) is 25.6 Å². The number of hydrogen-bond acceptors (Lipinski definition) is 3. The highest BCUT2D eigenvalue weighted by Crippen LogP contribution is 2.19. The number of rotatable bonds is 8. The van der Waals surface area contributed by atoms with Gasteiger partial charge in [0.05, 0.1) is 0 Å². The number of carboxylic acids is 1. The number of allylic oxidation sites excluding steroid dienone is 1. The predicted octanol–water partition coefficient (Wildman–Crippen LogP) is 1.99. The molecule has 7 heteroatoms. The molecule has 0 aromatic carbocycles. The Kier molecular flexibility index (Phi) is 9.02. The van der Waals surface area contributed by atoms with Gasteiger partial charge in [0.25, 0.3) is 0 Å². The van der Waals surface area contributed by atoms with Gasteiger partial charge in [0, 0.05) is 26.1 Å². The van der Waals surface area contributed by atoms with Crippen LogP contribution in [0.4, 0.5) is 4.79 Å². The Balaban J connectivity index is 2.48. The number of urea groups is 1. The second kappa shape index (κ2) is 10.7. The first-order chi connectivity index (χ1) is 11.8. The van der Waals surface area contributed by atoms with Crippen LogP contribution in [0.15, 0.2) is 12.2 Å². The Morgan fingerprint density at radius 2 is 2.04 bits per heavy atom. The largest absolute Gasteiger partial charge is 0.480 e. The van der Waals surface area contributed by atoms with Crippen molar-refractivity contribution in [3.63, 3.8) is 0 Å². The van der Waals surface area contributed by atoms with E-state index >= 15 is 0 Å². The molecule has 1 aliphatic rings. The zero-order valence-corrected chi connectivity index (χ0v) is 15.5. The molecule has 3 amide bonds. The van der Waals surface area contributed by atoms with E-state index in [1.165, 1.54) is 0 Å². The Hall–Kier alpha value is -2.05. The summed E-state index contributed by atoms with van der Waals surface area (Å²) in [6, 6.07) is -0.993. The molecule has 1 fully saturated rings. The highest BCUT2D eigenvalue weighted by Gasteiger charge is 2.27. The highest BCUT2D eigenvalue weighted by molar-refractivity contribution is 5.83. The summed E-state index contributed by atoms with van der Waals surface area (Å²) in [6.45, 7) is 7.74. The van der Waals surface area contributed by atoms with Gasteiger partial charge in [0.1, 0.15) is 6.04 Å². The fraction of sp³-hybridized carbons (Fsp3) is 0.722. The third-order valence-corrected chi connectivity index (χ3v) is 4.18. The van der Waals surface area contributed by atoms with E-state index in [-0.39, 0.29) is 30.7 Å². The summed E-state index contributed by atoms with van der Waals surface area (Å²) in [5.41, 5.74) is 0. The molecular formula is C18H31N3O4. The highest BCUT2D eigenvalue weighted by atomic mass is 16.4. The molecule has 2 unspecified atom stereocenters. The standard InChI is InChI=1S/C18H31N3O4/c1-4-5-8-15(17(23)24)20-16(22)10-14-7-6-9-21(12-14)18(25)19-11-13(2)3/h4-5,13-15H,6-12H2,1-3H3,(H,19,25)(H,20,22)(H,23,24)/b5-4+. The van der Waals surface area contributed by atoms with Crippen LogP contribution < -0.4 is 10.6 Å². The van der Waals surface area contributed by atoms with Crippen molar-refractivity contribution in [2.45, 2.75) is 52.5 Å². The summed E-state index contributed by atoms with van der Waals surface area (Å²) in [7, 11) is 0. The molecule has 0 saturated carbocycles. The summed E-state index contributed by atoms with van der Waals surface area (Å²) in [4.78, 5) is 37.3. The van der Waals surface area contributed by atoms with Crippen LogP contribution in [0.1, 0.15) is 46.5 Å². The molecule has 7 nitrogen and oxygen atoms in total. The van der Waals surface area contributed by atoms with Crippen LogP contribution in [0, 0.1) is 11.8 Å². The van der Waals surface area contributed by atoms with Crippen LogP contribution in [-0.2, 0) is 9.59 Å². The van der Waals surface area contributed by atoms with Crippen molar-refractivity contribution < 1.29 is 19.5 Å². The first kappa shape index (κ1) is 21.0. The molecule has 1 rings (SSSR count). The van der Waals surface area contributed by atoms with E-state index in [1.807, 2.05) is 20.8 Å². The lowest BCUT2D eigenvalue weighted by atomic mass is 9.94. The average molecular weight is 353 g/mol. The third-order valence-electron chi connectivity index (χ3n) is 4.18. The van der Waals surface area contributed by atoms with Crippen molar-refractivity contribution in [2.24, 2.45) is 11.8 Å². The van der Waals surface area contributed by atoms with E-state index in [0.717, 1.165) is 12.8 Å². The molecule has 1 aliphatic heterocycles. The minimum atomic E-state index is -1.04. The van der Waals surface area contributed by atoms with Crippen molar-refractivity contribution in [3.05, 3.63) is 12.2 Å². The van der Waals surface area contributed by atoms with Crippen LogP contribution in [0.2, 0.25) is 0 Å². The Morgan fingerprint density at radius 1 is 1.32 bits per heavy atom. The van der Waals surface area contributed by atoms with Gasteiger partial charge in [-0.1, -0.05) is 26.0 Å². The van der Waals surface area contributed by atoms with Crippen LogP contribution in [0.5, 0.6) is 0 Å². The number of nitrogens with zero attached hydrogens (tertiary/aromatic N) is 1. The van der Waals surface area contributed by atoms with E-state index in [1.54, 1.807) is 17.1 Å². The van der Waals surface area contributed by atoms with E-state index in [4.69, 9.17) is 5.11 Å². The lowest BCUT2D eigenvalue weighted by Crippen LogP contribution is -2.47. The van der Waals surface area contributed by atoms with Crippen LogP contribution in [0.3, 0.4) is 0 Å². The number of likely N-dealkylation sites (tertiary alicyclic amines) is 1. The molecule has 0 bridgehead atoms. The number of hydrogen-bond donors (Lipinski definition) is 3. The van der Waals surface area contributed by atoms with Gasteiger partial charge in [-0.3, -0.25) is 4.79 Å². The van der Waals surface area contributed by atoms with Crippen molar-refractivity contribution >= 4 is 17.9 Å². The minimum Gasteiger partial charge on any atom is -0.480 e. The van der Waals surface area contributed by atoms with Crippen molar-refractivity contribution in [2.75, 3.05) is 19.6 Å². The summed E-state index contributed by atoms with van der Waals surface area (Å²) < 4.78 is 0. The number of carbonyl (C=O) groups is 3. The van der Waals surface area contributed by atoms with E-state index < -0.39 is 12.0 Å². The van der Waals surface area contributed by atoms with Crippen molar-refractivity contribution in [1.82, 2.24) is 15.5 Å². The molecule has 0 aromatic rings. The molecule has 3 N–H and O–H groups in total. The summed E-state index contributed by atoms with van der Waals surface area (Å²) in [5, 5.41) is 14.6. The monoisotopic (exact) mass is 353 g/mol. The topological polar surface area (TPSA) is 98.7 Å². The fourth-order valence-electron chi connectivity index (χ4n) is 2.83. The number of piperidine rings is 1. The maximum Gasteiger partial charge on any atom is 0.326 e. The van der Waals surface area contributed by atoms with Gasteiger partial charge >= 0.3 is 12.0 Å². The quantitative estimate of drug-likeness (QED) is 0.581. The van der Waals surface area contributed by atoms with E-state index in [2.05, 4.69) is 10.6 Å². The Labute approximate surface area is 149 Å². The minimum absolute atomic E-state index is 0.0645. The third kappa shape index (κ3) is 8.05. The SMILES string of the molecule is C/C=C/CC(NC(=O)CC1CCCN(C(=O)NCC(C)C)C1)C(=O)O. The van der Waals surface area contributed by atoms with Crippen LogP contribution >= 0.6 is 0 Å². The maximum atomic E-state index is 12.2. The van der Waals surface area contributed by atoms with Crippen molar-refractivity contribution in [1.29, 1.82) is 0 Å². The molecule has 25 heavy (non-hydrogen) atoms. The zero-order chi connectivity index (χ0) is 18.8. The summed E-state index contributed by atoms with van der Waals surface area (Å²) in [6.07, 6.45) is 5.72. The smallest absolute Gasteiger partial charge is 0.326 e. The second-order valence-corrected chi connectivity index (χ2v) is 7.00. The lowest BCUT2D eigenvalue weighted by Gasteiger charge is -2.33. The summed E-state index contributed by atoms with van der Waals surface area (Å²) in [5.74, 6) is -0.855. The van der Waals surface area contributed by atoms with Gasteiger partial charge in [0.2, 0.25) is 5.91 Å². The number of aliphatic carboxylic acids is 1. The molecule has 0 aliphatic carbocycles. The molecule has 1 saturated heterocycles. The van der Waals surface area contributed by atoms with Gasteiger partial charge in [-0.25, -0.2) is 9.59 Å². The Bertz CT molecular complexity index is 491. The van der Waals surface area contributed by atoms with Crippen molar-refractivity contribution in [3.8, 4) is 0 Å². The molecule has 142 valence electrons. The molecule has 1 heterocycles. The number of amides is 3. The predicted molar refractivity (Wildman–Crippen MR) is 96.1 cm³/mol. The van der Waals surface area contributed by atoms with Gasteiger partial charge in [0.15, 0.2) is 0 Å². The maximum absolute atomic E-state index is 12.2. The molecular weight excluding hydrogens is 322 g/mol. The van der Waals surface area contributed by atoms with E-state index in [9.17, 15) is 14.4 Å². The molecule has 2 atom stereocenters. The Morgan fingerprint density at radius 3 is 2.64 bits per heavy atom. The number of carbonyl (C=O) groups excluding carboxylic acids is 2.